The van der Waals surface area contributed by atoms with Gasteiger partial charge in [0.1, 0.15) is 5.82 Å². The van der Waals surface area contributed by atoms with E-state index in [1.165, 1.54) is 0 Å². The molecule has 2 aliphatic heterocycles. The molecule has 1 aromatic heterocycles. The van der Waals surface area contributed by atoms with Crippen molar-refractivity contribution in [1.82, 2.24) is 9.88 Å². The number of aromatic nitrogens is 1. The first-order valence-electron chi connectivity index (χ1n) is 8.17. The molecule has 1 atom stereocenters. The van der Waals surface area contributed by atoms with Crippen LogP contribution in [0, 0.1) is 11.3 Å². The minimum absolute atomic E-state index is 0.564. The highest BCUT2D eigenvalue weighted by atomic mass is 16.3. The molecule has 0 aliphatic carbocycles. The van der Waals surface area contributed by atoms with E-state index in [2.05, 4.69) is 16.0 Å². The molecule has 2 aromatic rings. The fourth-order valence-corrected chi connectivity index (χ4v) is 3.42. The van der Waals surface area contributed by atoms with Gasteiger partial charge in [-0.25, -0.2) is 4.98 Å². The van der Waals surface area contributed by atoms with Crippen molar-refractivity contribution in [2.24, 2.45) is 0 Å². The van der Waals surface area contributed by atoms with Crippen LogP contribution in [-0.4, -0.2) is 34.3 Å². The predicted octanol–water partition coefficient (Wildman–Crippen LogP) is 2.86. The van der Waals surface area contributed by atoms with Gasteiger partial charge in [0, 0.05) is 30.5 Å². The van der Waals surface area contributed by atoms with E-state index in [-0.39, 0.29) is 0 Å². The molecule has 4 rings (SSSR count). The van der Waals surface area contributed by atoms with E-state index >= 15 is 0 Å². The highest BCUT2D eigenvalue weighted by Gasteiger charge is 2.33. The summed E-state index contributed by atoms with van der Waals surface area (Å²) in [7, 11) is 0. The van der Waals surface area contributed by atoms with Crippen molar-refractivity contribution in [1.29, 1.82) is 5.26 Å². The average molecular weight is 318 g/mol. The summed E-state index contributed by atoms with van der Waals surface area (Å²) in [4.78, 5) is 8.51. The lowest BCUT2D eigenvalue weighted by Crippen LogP contribution is -2.41. The lowest BCUT2D eigenvalue weighted by atomic mass is 10.1. The molecule has 1 saturated heterocycles. The van der Waals surface area contributed by atoms with Gasteiger partial charge in [-0.05, 0) is 49.2 Å². The van der Waals surface area contributed by atoms with E-state index in [0.29, 0.717) is 11.4 Å². The molecule has 3 heterocycles. The molecule has 24 heavy (non-hydrogen) atoms. The Kier molecular flexibility index (Phi) is 3.68. The fraction of sp³-hybridized carbons (Fsp3) is 0.263. The van der Waals surface area contributed by atoms with Crippen molar-refractivity contribution in [2.75, 3.05) is 18.0 Å². The van der Waals surface area contributed by atoms with Gasteiger partial charge in [-0.1, -0.05) is 6.07 Å². The quantitative estimate of drug-likeness (QED) is 0.922. The monoisotopic (exact) mass is 318 g/mol. The minimum atomic E-state index is -0.806. The molecule has 1 fully saturated rings. The molecule has 5 nitrogen and oxygen atoms in total. The predicted molar refractivity (Wildman–Crippen MR) is 92.3 cm³/mol. The van der Waals surface area contributed by atoms with Crippen molar-refractivity contribution in [3.8, 4) is 6.07 Å². The van der Waals surface area contributed by atoms with Crippen LogP contribution in [0.1, 0.15) is 24.0 Å². The van der Waals surface area contributed by atoms with Crippen molar-refractivity contribution >= 4 is 17.6 Å². The number of hydrogen-bond donors (Lipinski definition) is 1. The number of aliphatic hydroxyl groups is 1. The maximum atomic E-state index is 11.0. The number of rotatable bonds is 2. The van der Waals surface area contributed by atoms with Gasteiger partial charge < -0.3 is 10.0 Å². The second-order valence-electron chi connectivity index (χ2n) is 6.09. The molecule has 120 valence electrons. The van der Waals surface area contributed by atoms with Gasteiger partial charge in [0.2, 0.25) is 0 Å². The smallest absolute Gasteiger partial charge is 0.173 e. The van der Waals surface area contributed by atoms with Crippen molar-refractivity contribution in [3.05, 3.63) is 59.4 Å². The number of nitrogens with zero attached hydrogens (tertiary/aromatic N) is 4. The van der Waals surface area contributed by atoms with Gasteiger partial charge in [-0.2, -0.15) is 5.26 Å². The standard InChI is InChI=1S/C19H18N4O/c20-13-14-5-3-7-16(11-14)23-18-15(6-4-8-21-18)12-17(19(23)24)22-9-1-2-10-22/h3-8,11-12,19,24H,1-2,9-10H2. The molecule has 5 heteroatoms. The molecule has 0 bridgehead atoms. The largest absolute Gasteiger partial charge is 0.371 e. The normalized spacial score (nSPS) is 19.7. The topological polar surface area (TPSA) is 63.4 Å². The Morgan fingerprint density at radius 3 is 2.79 bits per heavy atom. The van der Waals surface area contributed by atoms with Gasteiger partial charge in [-0.15, -0.1) is 0 Å². The molecule has 0 radical (unpaired) electrons. The molecule has 0 saturated carbocycles. The van der Waals surface area contributed by atoms with Crippen LogP contribution in [0.25, 0.3) is 6.08 Å². The van der Waals surface area contributed by atoms with Crippen molar-refractivity contribution in [2.45, 2.75) is 19.1 Å². The van der Waals surface area contributed by atoms with E-state index in [9.17, 15) is 10.4 Å². The summed E-state index contributed by atoms with van der Waals surface area (Å²) < 4.78 is 0. The highest BCUT2D eigenvalue weighted by Crippen LogP contribution is 2.38. The van der Waals surface area contributed by atoms with Gasteiger partial charge in [-0.3, -0.25) is 4.90 Å². The van der Waals surface area contributed by atoms with Crippen molar-refractivity contribution < 1.29 is 5.11 Å². The van der Waals surface area contributed by atoms with E-state index in [4.69, 9.17) is 0 Å². The summed E-state index contributed by atoms with van der Waals surface area (Å²) in [5.41, 5.74) is 3.21. The van der Waals surface area contributed by atoms with Gasteiger partial charge >= 0.3 is 0 Å². The maximum absolute atomic E-state index is 11.0. The Hall–Kier alpha value is -2.84. The van der Waals surface area contributed by atoms with Crippen LogP contribution in [0.5, 0.6) is 0 Å². The Balaban J connectivity index is 1.83. The summed E-state index contributed by atoms with van der Waals surface area (Å²) in [6.07, 6.45) is 5.24. The number of hydrogen-bond acceptors (Lipinski definition) is 5. The zero-order valence-corrected chi connectivity index (χ0v) is 13.3. The van der Waals surface area contributed by atoms with Crippen LogP contribution in [0.15, 0.2) is 48.3 Å². The van der Waals surface area contributed by atoms with Crippen LogP contribution in [0.2, 0.25) is 0 Å². The number of fused-ring (bicyclic) bond motifs is 1. The molecule has 1 aromatic carbocycles. The minimum Gasteiger partial charge on any atom is -0.371 e. The average Bonchev–Trinajstić information content (AvgIpc) is 3.15. The number of nitriles is 1. The Morgan fingerprint density at radius 2 is 2.00 bits per heavy atom. The number of pyridine rings is 1. The van der Waals surface area contributed by atoms with E-state index in [0.717, 1.165) is 42.9 Å². The Labute approximate surface area is 141 Å². The molecule has 2 aliphatic rings. The van der Waals surface area contributed by atoms with E-state index in [1.54, 1.807) is 18.3 Å². The first-order valence-corrected chi connectivity index (χ1v) is 8.17. The SMILES string of the molecule is N#Cc1cccc(N2c3ncccc3C=C(N3CCCC3)C2O)c1. The van der Waals surface area contributed by atoms with Gasteiger partial charge in [0.15, 0.2) is 6.23 Å². The number of likely N-dealkylation sites (tertiary alicyclic amines) is 1. The second kappa shape index (κ2) is 5.99. The third kappa shape index (κ3) is 2.41. The van der Waals surface area contributed by atoms with Gasteiger partial charge in [0.05, 0.1) is 17.3 Å². The lowest BCUT2D eigenvalue weighted by molar-refractivity contribution is 0.176. The number of aliphatic hydroxyl groups excluding tert-OH is 1. The van der Waals surface area contributed by atoms with E-state index in [1.807, 2.05) is 35.2 Å². The van der Waals surface area contributed by atoms with Gasteiger partial charge in [0.25, 0.3) is 0 Å². The zero-order chi connectivity index (χ0) is 16.5. The fourth-order valence-electron chi connectivity index (χ4n) is 3.42. The summed E-state index contributed by atoms with van der Waals surface area (Å²) in [5, 5.41) is 20.2. The van der Waals surface area contributed by atoms with Crippen LogP contribution in [-0.2, 0) is 0 Å². The molecular weight excluding hydrogens is 300 g/mol. The first-order chi connectivity index (χ1) is 11.8. The van der Waals surface area contributed by atoms with Crippen LogP contribution in [0.3, 0.4) is 0 Å². The lowest BCUT2D eigenvalue weighted by Gasteiger charge is -2.38. The van der Waals surface area contributed by atoms with E-state index < -0.39 is 6.23 Å². The summed E-state index contributed by atoms with van der Waals surface area (Å²) in [6, 6.07) is 13.3. The van der Waals surface area contributed by atoms with Crippen LogP contribution in [0.4, 0.5) is 11.5 Å². The number of anilines is 2. The molecular formula is C19H18N4O. The number of benzene rings is 1. The Morgan fingerprint density at radius 1 is 1.17 bits per heavy atom. The summed E-state index contributed by atoms with van der Waals surface area (Å²) in [6.45, 7) is 1.93. The third-order valence-corrected chi connectivity index (χ3v) is 4.58. The molecule has 0 amide bonds. The third-order valence-electron chi connectivity index (χ3n) is 4.58. The van der Waals surface area contributed by atoms with Crippen LogP contribution >= 0.6 is 0 Å². The maximum Gasteiger partial charge on any atom is 0.173 e. The van der Waals surface area contributed by atoms with Crippen LogP contribution < -0.4 is 4.90 Å². The summed E-state index contributed by atoms with van der Waals surface area (Å²) >= 11 is 0. The molecule has 1 unspecified atom stereocenters. The zero-order valence-electron chi connectivity index (χ0n) is 13.3. The van der Waals surface area contributed by atoms with Crippen molar-refractivity contribution in [3.63, 3.8) is 0 Å². The summed E-state index contributed by atoms with van der Waals surface area (Å²) in [5.74, 6) is 0.711. The molecule has 0 spiro atoms. The Bertz CT molecular complexity index is 833. The highest BCUT2D eigenvalue weighted by molar-refractivity contribution is 5.77. The second-order valence-corrected chi connectivity index (χ2v) is 6.09. The first kappa shape index (κ1) is 14.7. The molecule has 1 N–H and O–H groups in total.